The van der Waals surface area contributed by atoms with Crippen molar-refractivity contribution in [3.8, 4) is 5.75 Å². The molecule has 3 aliphatic heterocycles. The third-order valence-corrected chi connectivity index (χ3v) is 12.8. The number of aryl methyl sites for hydroxylation is 2. The molecule has 1 unspecified atom stereocenters. The summed E-state index contributed by atoms with van der Waals surface area (Å²) in [4.78, 5) is 43.8. The van der Waals surface area contributed by atoms with Gasteiger partial charge in [-0.2, -0.15) is 0 Å². The summed E-state index contributed by atoms with van der Waals surface area (Å²) in [6, 6.07) is 32.6. The number of nitrogens with one attached hydrogen (secondary N) is 1. The van der Waals surface area contributed by atoms with Crippen LogP contribution in [0.3, 0.4) is 0 Å². The smallest absolute Gasteiger partial charge is 0.255 e. The summed E-state index contributed by atoms with van der Waals surface area (Å²) in [5.74, 6) is 1.75. The Bertz CT molecular complexity index is 2030. The number of ether oxygens (including phenoxy) is 1. The lowest BCUT2D eigenvalue weighted by molar-refractivity contribution is -0.136. The van der Waals surface area contributed by atoms with Crippen molar-refractivity contribution >= 4 is 23.4 Å². The molecule has 3 fully saturated rings. The number of carbonyl (C=O) groups excluding carboxylic acids is 3. The normalized spacial score (nSPS) is 25.5. The van der Waals surface area contributed by atoms with Gasteiger partial charge in [-0.05, 0) is 122 Å². The molecule has 278 valence electrons. The number of hydrogen-bond donors (Lipinski definition) is 1. The van der Waals surface area contributed by atoms with Gasteiger partial charge >= 0.3 is 0 Å². The van der Waals surface area contributed by atoms with Crippen LogP contribution in [0.25, 0.3) is 0 Å². The van der Waals surface area contributed by atoms with Crippen LogP contribution in [-0.4, -0.2) is 72.4 Å². The predicted octanol–water partition coefficient (Wildman–Crippen LogP) is 6.99. The number of benzene rings is 4. The Hall–Kier alpha value is -4.95. The molecule has 2 aliphatic carbocycles. The van der Waals surface area contributed by atoms with Gasteiger partial charge in [0.25, 0.3) is 5.91 Å². The van der Waals surface area contributed by atoms with E-state index in [-0.39, 0.29) is 24.1 Å². The standard InChI is InChI=1S/C46H50N4O4/c1-30-7-14-40-34(25-30)10-15-39(32-5-3-2-4-6-32)44(40)33-8-12-37(13-9-33)54-38-26-31(27-38)19-20-48-21-23-49(24-22-48)36-11-16-41-35(28-36)29-50(46(41)53)42-17-18-43(51)47-45(42)52/h2-9,11-14,16,25,28,31,38-39,42,44H,10,15,17-24,26-27,29H2,1H3,(H,47,51,52)/t31?,38?,39-,42?,44+/m1/s1. The molecule has 2 saturated heterocycles. The summed E-state index contributed by atoms with van der Waals surface area (Å²) in [6.45, 7) is 7.67. The van der Waals surface area contributed by atoms with E-state index < -0.39 is 6.04 Å². The van der Waals surface area contributed by atoms with Gasteiger partial charge in [0.1, 0.15) is 11.8 Å². The molecule has 3 heterocycles. The average molecular weight is 723 g/mol. The molecule has 4 aromatic rings. The zero-order valence-corrected chi connectivity index (χ0v) is 31.2. The van der Waals surface area contributed by atoms with E-state index in [0.717, 1.165) is 75.4 Å². The van der Waals surface area contributed by atoms with Crippen LogP contribution in [0.1, 0.15) is 94.1 Å². The maximum absolute atomic E-state index is 13.1. The Morgan fingerprint density at radius 3 is 2.35 bits per heavy atom. The highest BCUT2D eigenvalue weighted by atomic mass is 16.5. The number of fused-ring (bicyclic) bond motifs is 2. The molecule has 0 radical (unpaired) electrons. The summed E-state index contributed by atoms with van der Waals surface area (Å²) >= 11 is 0. The largest absolute Gasteiger partial charge is 0.490 e. The van der Waals surface area contributed by atoms with E-state index >= 15 is 0 Å². The van der Waals surface area contributed by atoms with Gasteiger partial charge in [-0.1, -0.05) is 66.2 Å². The minimum atomic E-state index is -0.581. The summed E-state index contributed by atoms with van der Waals surface area (Å²) < 4.78 is 6.49. The molecule has 5 aliphatic rings. The van der Waals surface area contributed by atoms with Gasteiger partial charge < -0.3 is 14.5 Å². The lowest BCUT2D eigenvalue weighted by atomic mass is 9.69. The lowest BCUT2D eigenvalue weighted by Crippen LogP contribution is -2.52. The SMILES string of the molecule is Cc1ccc2c(c1)CC[C@H](c1ccccc1)[C@@H]2c1ccc(OC2CC(CCN3CCN(c4ccc5c(c4)CN(C4CCC(=O)NC4=O)C5=O)CC3)C2)cc1. The molecule has 4 aromatic carbocycles. The molecule has 1 saturated carbocycles. The van der Waals surface area contributed by atoms with E-state index in [1.54, 1.807) is 4.90 Å². The second-order valence-corrected chi connectivity index (χ2v) is 16.2. The van der Waals surface area contributed by atoms with E-state index in [1.165, 1.54) is 34.2 Å². The van der Waals surface area contributed by atoms with Crippen LogP contribution in [-0.2, 0) is 22.6 Å². The van der Waals surface area contributed by atoms with Gasteiger partial charge in [-0.25, -0.2) is 0 Å². The number of rotatable bonds is 9. The van der Waals surface area contributed by atoms with Crippen LogP contribution >= 0.6 is 0 Å². The molecule has 3 atom stereocenters. The maximum atomic E-state index is 13.1. The van der Waals surface area contributed by atoms with Gasteiger partial charge in [-0.3, -0.25) is 24.6 Å². The number of piperazine rings is 1. The van der Waals surface area contributed by atoms with Gasteiger partial charge in [-0.15, -0.1) is 0 Å². The predicted molar refractivity (Wildman–Crippen MR) is 210 cm³/mol. The molecule has 1 N–H and O–H groups in total. The highest BCUT2D eigenvalue weighted by molar-refractivity contribution is 6.05. The van der Waals surface area contributed by atoms with E-state index in [2.05, 4.69) is 101 Å². The first-order valence-corrected chi connectivity index (χ1v) is 20.0. The van der Waals surface area contributed by atoms with Gasteiger partial charge in [0.15, 0.2) is 0 Å². The van der Waals surface area contributed by atoms with Crippen molar-refractivity contribution in [3.05, 3.63) is 130 Å². The Morgan fingerprint density at radius 2 is 1.57 bits per heavy atom. The topological polar surface area (TPSA) is 82.2 Å². The molecule has 3 amide bonds. The number of nitrogens with zero attached hydrogens (tertiary/aromatic N) is 3. The van der Waals surface area contributed by atoms with Crippen LogP contribution in [0.5, 0.6) is 5.75 Å². The Balaban J connectivity index is 0.739. The van der Waals surface area contributed by atoms with Crippen molar-refractivity contribution in [2.24, 2.45) is 5.92 Å². The molecular formula is C46H50N4O4. The number of piperidine rings is 1. The third-order valence-electron chi connectivity index (χ3n) is 12.8. The molecule has 9 rings (SSSR count). The van der Waals surface area contributed by atoms with Crippen LogP contribution in [0.15, 0.2) is 91.0 Å². The van der Waals surface area contributed by atoms with Gasteiger partial charge in [0.05, 0.1) is 6.10 Å². The van der Waals surface area contributed by atoms with Crippen molar-refractivity contribution in [2.75, 3.05) is 37.6 Å². The van der Waals surface area contributed by atoms with Crippen molar-refractivity contribution in [2.45, 2.75) is 82.4 Å². The van der Waals surface area contributed by atoms with Crippen molar-refractivity contribution in [1.82, 2.24) is 15.1 Å². The average Bonchev–Trinajstić information content (AvgIpc) is 3.50. The number of amides is 3. The summed E-state index contributed by atoms with van der Waals surface area (Å²) in [7, 11) is 0. The molecule has 0 spiro atoms. The summed E-state index contributed by atoms with van der Waals surface area (Å²) in [5.41, 5.74) is 9.86. The van der Waals surface area contributed by atoms with Crippen LogP contribution < -0.4 is 15.0 Å². The summed E-state index contributed by atoms with van der Waals surface area (Å²) in [6.07, 6.45) is 6.69. The molecule has 8 nitrogen and oxygen atoms in total. The fraction of sp³-hybridized carbons (Fsp3) is 0.413. The van der Waals surface area contributed by atoms with Gasteiger partial charge in [0.2, 0.25) is 11.8 Å². The lowest BCUT2D eigenvalue weighted by Gasteiger charge is -2.39. The first-order valence-electron chi connectivity index (χ1n) is 20.0. The van der Waals surface area contributed by atoms with E-state index in [1.807, 2.05) is 12.1 Å². The number of imide groups is 1. The highest BCUT2D eigenvalue weighted by Gasteiger charge is 2.39. The van der Waals surface area contributed by atoms with Crippen LogP contribution in [0, 0.1) is 12.8 Å². The van der Waals surface area contributed by atoms with E-state index in [4.69, 9.17) is 4.74 Å². The first kappa shape index (κ1) is 34.8. The molecule has 0 bridgehead atoms. The Labute approximate surface area is 318 Å². The zero-order chi connectivity index (χ0) is 36.8. The number of hydrogen-bond acceptors (Lipinski definition) is 6. The Kier molecular flexibility index (Phi) is 9.48. The summed E-state index contributed by atoms with van der Waals surface area (Å²) in [5, 5.41) is 2.39. The second-order valence-electron chi connectivity index (χ2n) is 16.2. The monoisotopic (exact) mass is 722 g/mol. The van der Waals surface area contributed by atoms with Crippen molar-refractivity contribution in [3.63, 3.8) is 0 Å². The van der Waals surface area contributed by atoms with Crippen molar-refractivity contribution < 1.29 is 19.1 Å². The third kappa shape index (κ3) is 6.92. The van der Waals surface area contributed by atoms with Crippen molar-refractivity contribution in [1.29, 1.82) is 0 Å². The first-order chi connectivity index (χ1) is 26.4. The number of anilines is 1. The highest BCUT2D eigenvalue weighted by Crippen LogP contribution is 2.47. The number of carbonyl (C=O) groups is 3. The zero-order valence-electron chi connectivity index (χ0n) is 31.2. The minimum Gasteiger partial charge on any atom is -0.490 e. The molecule has 8 heteroatoms. The molecule has 0 aromatic heterocycles. The quantitative estimate of drug-likeness (QED) is 0.188. The van der Waals surface area contributed by atoms with Crippen LogP contribution in [0.2, 0.25) is 0 Å². The minimum absolute atomic E-state index is 0.120. The fourth-order valence-electron chi connectivity index (χ4n) is 9.73. The maximum Gasteiger partial charge on any atom is 0.255 e. The van der Waals surface area contributed by atoms with Crippen LogP contribution in [0.4, 0.5) is 5.69 Å². The molecular weight excluding hydrogens is 673 g/mol. The molecule has 54 heavy (non-hydrogen) atoms. The van der Waals surface area contributed by atoms with E-state index in [9.17, 15) is 14.4 Å². The fourth-order valence-corrected chi connectivity index (χ4v) is 9.73. The second kappa shape index (κ2) is 14.7. The Morgan fingerprint density at radius 1 is 0.778 bits per heavy atom. The van der Waals surface area contributed by atoms with Gasteiger partial charge in [0, 0.05) is 56.3 Å². The van der Waals surface area contributed by atoms with E-state index in [0.29, 0.717) is 42.4 Å².